The predicted octanol–water partition coefficient (Wildman–Crippen LogP) is 3.83. The van der Waals surface area contributed by atoms with Gasteiger partial charge in [-0.2, -0.15) is 0 Å². The zero-order valence-electron chi connectivity index (χ0n) is 16.2. The van der Waals surface area contributed by atoms with Crippen molar-refractivity contribution in [3.63, 3.8) is 0 Å². The van der Waals surface area contributed by atoms with Gasteiger partial charge in [-0.15, -0.1) is 24.0 Å². The van der Waals surface area contributed by atoms with Crippen LogP contribution in [0.1, 0.15) is 12.1 Å². The minimum atomic E-state index is 0. The molecule has 5 nitrogen and oxygen atoms in total. The van der Waals surface area contributed by atoms with Crippen molar-refractivity contribution in [3.8, 4) is 0 Å². The normalized spacial score (nSPS) is 17.0. The zero-order chi connectivity index (χ0) is 18.5. The molecule has 1 aromatic carbocycles. The van der Waals surface area contributed by atoms with Gasteiger partial charge in [-0.25, -0.2) is 0 Å². The number of nitrogens with zero attached hydrogens (tertiary/aromatic N) is 4. The molecule has 3 rings (SSSR count). The van der Waals surface area contributed by atoms with Gasteiger partial charge in [-0.05, 0) is 30.5 Å². The van der Waals surface area contributed by atoms with Crippen molar-refractivity contribution in [2.24, 2.45) is 18.0 Å². The topological polar surface area (TPSA) is 35.8 Å². The highest BCUT2D eigenvalue weighted by Crippen LogP contribution is 2.23. The smallest absolute Gasteiger partial charge is 0.193 e. The fraction of sp³-hybridized carbons (Fsp3) is 0.450. The third kappa shape index (κ3) is 5.78. The minimum Gasteiger partial charge on any atom is -0.371 e. The molecule has 2 aromatic rings. The summed E-state index contributed by atoms with van der Waals surface area (Å²) in [5.41, 5.74) is 2.48. The molecule has 0 radical (unpaired) electrons. The fourth-order valence-electron chi connectivity index (χ4n) is 3.53. The zero-order valence-corrected chi connectivity index (χ0v) is 19.3. The molecule has 1 aliphatic rings. The number of rotatable bonds is 5. The second-order valence-corrected chi connectivity index (χ2v) is 7.42. The number of para-hydroxylation sites is 1. The fourth-order valence-corrected chi connectivity index (χ4v) is 3.81. The van der Waals surface area contributed by atoms with Crippen molar-refractivity contribution in [2.45, 2.75) is 13.0 Å². The van der Waals surface area contributed by atoms with E-state index in [4.69, 9.17) is 11.6 Å². The summed E-state index contributed by atoms with van der Waals surface area (Å²) in [6, 6.07) is 12.7. The average molecular weight is 502 g/mol. The van der Waals surface area contributed by atoms with Crippen LogP contribution in [0.15, 0.2) is 47.6 Å². The van der Waals surface area contributed by atoms with Crippen LogP contribution in [0.2, 0.25) is 5.02 Å². The first kappa shape index (κ1) is 21.9. The van der Waals surface area contributed by atoms with Gasteiger partial charge in [0.05, 0.1) is 11.6 Å². The van der Waals surface area contributed by atoms with E-state index in [9.17, 15) is 0 Å². The maximum Gasteiger partial charge on any atom is 0.193 e. The molecule has 0 spiro atoms. The summed E-state index contributed by atoms with van der Waals surface area (Å²) in [5, 5.41) is 4.31. The quantitative estimate of drug-likeness (QED) is 0.384. The van der Waals surface area contributed by atoms with E-state index in [0.29, 0.717) is 5.92 Å². The number of aromatic nitrogens is 1. The Morgan fingerprint density at radius 1 is 1.33 bits per heavy atom. The van der Waals surface area contributed by atoms with Crippen LogP contribution < -0.4 is 10.2 Å². The molecule has 27 heavy (non-hydrogen) atoms. The second kappa shape index (κ2) is 10.2. The summed E-state index contributed by atoms with van der Waals surface area (Å²) in [6.07, 6.45) is 3.13. The summed E-state index contributed by atoms with van der Waals surface area (Å²) in [5.74, 6) is 1.55. The molecular formula is C20H29ClIN5. The number of benzene rings is 1. The van der Waals surface area contributed by atoms with Gasteiger partial charge in [0.15, 0.2) is 5.96 Å². The molecule has 0 bridgehead atoms. The molecule has 1 unspecified atom stereocenters. The Bertz CT molecular complexity index is 746. The van der Waals surface area contributed by atoms with Crippen LogP contribution in [0, 0.1) is 5.92 Å². The Hall–Kier alpha value is -1.41. The molecule has 1 saturated heterocycles. The third-order valence-corrected chi connectivity index (χ3v) is 5.21. The number of hydrogen-bond donors (Lipinski definition) is 1. The van der Waals surface area contributed by atoms with Crippen LogP contribution in [0.3, 0.4) is 0 Å². The van der Waals surface area contributed by atoms with E-state index >= 15 is 0 Å². The maximum absolute atomic E-state index is 6.08. The Morgan fingerprint density at radius 2 is 2.07 bits per heavy atom. The van der Waals surface area contributed by atoms with E-state index in [1.165, 1.54) is 12.1 Å². The monoisotopic (exact) mass is 501 g/mol. The lowest BCUT2D eigenvalue weighted by Gasteiger charge is -2.24. The molecule has 2 heterocycles. The molecular weight excluding hydrogens is 473 g/mol. The van der Waals surface area contributed by atoms with E-state index < -0.39 is 0 Å². The largest absolute Gasteiger partial charge is 0.371 e. The lowest BCUT2D eigenvalue weighted by atomic mass is 10.1. The second-order valence-electron chi connectivity index (χ2n) is 6.98. The van der Waals surface area contributed by atoms with Gasteiger partial charge >= 0.3 is 0 Å². The molecule has 0 amide bonds. The standard InChI is InChI=1S/C20H28ClN5.HI/c1-22-20(25(3)15-19-11-17(21)14-24(19)2)23-12-16-9-10-26(13-16)18-7-5-4-6-8-18;/h4-8,11,14,16H,9-10,12-13,15H2,1-3H3,(H,22,23);1H. The molecule has 0 saturated carbocycles. The average Bonchev–Trinajstić information content (AvgIpc) is 3.23. The molecule has 1 aromatic heterocycles. The van der Waals surface area contributed by atoms with Crippen molar-refractivity contribution in [2.75, 3.05) is 38.6 Å². The van der Waals surface area contributed by atoms with E-state index in [-0.39, 0.29) is 24.0 Å². The number of hydrogen-bond acceptors (Lipinski definition) is 2. The van der Waals surface area contributed by atoms with Crippen LogP contribution in [0.25, 0.3) is 0 Å². The molecule has 1 fully saturated rings. The number of anilines is 1. The summed E-state index contributed by atoms with van der Waals surface area (Å²) < 4.78 is 2.06. The van der Waals surface area contributed by atoms with Gasteiger partial charge in [0, 0.05) is 58.4 Å². The highest BCUT2D eigenvalue weighted by Gasteiger charge is 2.23. The maximum atomic E-state index is 6.08. The van der Waals surface area contributed by atoms with Crippen molar-refractivity contribution in [3.05, 3.63) is 53.3 Å². The van der Waals surface area contributed by atoms with Crippen LogP contribution in [0.5, 0.6) is 0 Å². The Morgan fingerprint density at radius 3 is 2.70 bits per heavy atom. The SMILES string of the molecule is CN=C(NCC1CCN(c2ccccc2)C1)N(C)Cc1cc(Cl)cn1C.I. The third-order valence-electron chi connectivity index (χ3n) is 5.00. The highest BCUT2D eigenvalue weighted by atomic mass is 127. The van der Waals surface area contributed by atoms with Gasteiger partial charge in [0.25, 0.3) is 0 Å². The van der Waals surface area contributed by atoms with Gasteiger partial charge < -0.3 is 19.7 Å². The molecule has 1 atom stereocenters. The molecule has 1 N–H and O–H groups in total. The van der Waals surface area contributed by atoms with Gasteiger partial charge in [-0.1, -0.05) is 29.8 Å². The first-order valence-corrected chi connectivity index (χ1v) is 9.47. The Kier molecular flexibility index (Phi) is 8.28. The van der Waals surface area contributed by atoms with Crippen molar-refractivity contribution in [1.29, 1.82) is 0 Å². The van der Waals surface area contributed by atoms with Crippen LogP contribution in [0.4, 0.5) is 5.69 Å². The minimum absolute atomic E-state index is 0. The van der Waals surface area contributed by atoms with Gasteiger partial charge in [-0.3, -0.25) is 4.99 Å². The first-order chi connectivity index (χ1) is 12.6. The summed E-state index contributed by atoms with van der Waals surface area (Å²) >= 11 is 6.08. The highest BCUT2D eigenvalue weighted by molar-refractivity contribution is 14.0. The number of halogens is 2. The van der Waals surface area contributed by atoms with E-state index in [1.807, 2.05) is 26.4 Å². The number of aryl methyl sites for hydroxylation is 1. The lowest BCUT2D eigenvalue weighted by molar-refractivity contribution is 0.450. The number of guanidine groups is 1. The summed E-state index contributed by atoms with van der Waals surface area (Å²) in [6.45, 7) is 3.91. The van der Waals surface area contributed by atoms with E-state index in [1.54, 1.807) is 0 Å². The van der Waals surface area contributed by atoms with Crippen molar-refractivity contribution < 1.29 is 0 Å². The van der Waals surface area contributed by atoms with Crippen molar-refractivity contribution in [1.82, 2.24) is 14.8 Å². The van der Waals surface area contributed by atoms with Crippen LogP contribution in [-0.4, -0.2) is 49.2 Å². The van der Waals surface area contributed by atoms with Gasteiger partial charge in [0.2, 0.25) is 0 Å². The van der Waals surface area contributed by atoms with Gasteiger partial charge in [0.1, 0.15) is 0 Å². The van der Waals surface area contributed by atoms with E-state index in [0.717, 1.165) is 42.9 Å². The summed E-state index contributed by atoms with van der Waals surface area (Å²) in [7, 11) is 5.91. The molecule has 1 aliphatic heterocycles. The molecule has 148 valence electrons. The van der Waals surface area contributed by atoms with Crippen LogP contribution >= 0.6 is 35.6 Å². The Labute approximate surface area is 184 Å². The number of nitrogens with one attached hydrogen (secondary N) is 1. The molecule has 0 aliphatic carbocycles. The summed E-state index contributed by atoms with van der Waals surface area (Å²) in [4.78, 5) is 9.03. The van der Waals surface area contributed by atoms with Crippen LogP contribution in [-0.2, 0) is 13.6 Å². The Balaban J connectivity index is 0.00000261. The van der Waals surface area contributed by atoms with Crippen molar-refractivity contribution >= 4 is 47.2 Å². The first-order valence-electron chi connectivity index (χ1n) is 9.09. The molecule has 7 heteroatoms. The lowest BCUT2D eigenvalue weighted by Crippen LogP contribution is -2.41. The number of aliphatic imine (C=N–C) groups is 1. The van der Waals surface area contributed by atoms with E-state index in [2.05, 4.69) is 62.1 Å². The predicted molar refractivity (Wildman–Crippen MR) is 125 cm³/mol.